The van der Waals surface area contributed by atoms with E-state index >= 15 is 0 Å². The summed E-state index contributed by atoms with van der Waals surface area (Å²) < 4.78 is 5.14. The van der Waals surface area contributed by atoms with Crippen LogP contribution >= 0.6 is 0 Å². The lowest BCUT2D eigenvalue weighted by atomic mass is 10.0. The fraction of sp³-hybridized carbons (Fsp3) is 0.500. The van der Waals surface area contributed by atoms with Crippen LogP contribution in [0.5, 0.6) is 0 Å². The number of rotatable bonds is 3. The van der Waals surface area contributed by atoms with Crippen molar-refractivity contribution in [2.45, 2.75) is 32.7 Å². The Bertz CT molecular complexity index is 443. The minimum atomic E-state index is -0.261. The van der Waals surface area contributed by atoms with Gasteiger partial charge in [-0.15, -0.1) is 0 Å². The number of anilines is 1. The summed E-state index contributed by atoms with van der Waals surface area (Å²) >= 11 is 0. The molecular weight excluding hydrogens is 228 g/mol. The van der Waals surface area contributed by atoms with E-state index < -0.39 is 0 Å². The fourth-order valence-electron chi connectivity index (χ4n) is 2.29. The lowest BCUT2D eigenvalue weighted by Crippen LogP contribution is -2.46. The average Bonchev–Trinajstić information content (AvgIpc) is 2.34. The molecule has 18 heavy (non-hydrogen) atoms. The van der Waals surface area contributed by atoms with Crippen molar-refractivity contribution in [3.8, 4) is 0 Å². The van der Waals surface area contributed by atoms with Gasteiger partial charge in [-0.1, -0.05) is 6.07 Å². The quantitative estimate of drug-likeness (QED) is 0.893. The van der Waals surface area contributed by atoms with Crippen molar-refractivity contribution in [3.05, 3.63) is 29.3 Å². The van der Waals surface area contributed by atoms with Gasteiger partial charge in [-0.25, -0.2) is 4.79 Å². The number of amides is 1. The van der Waals surface area contributed by atoms with Gasteiger partial charge in [0.1, 0.15) is 0 Å². The standard InChI is InChI=1S/C14H20N2O2/c1-10-3-4-13(9-11(10)2)16-12(5-7-15)6-8-18-14(16)17/h3-4,9,12H,5-8,15H2,1-2H3. The zero-order chi connectivity index (χ0) is 13.1. The number of nitrogens with zero attached hydrogens (tertiary/aromatic N) is 1. The van der Waals surface area contributed by atoms with Crippen LogP contribution in [-0.2, 0) is 4.74 Å². The van der Waals surface area contributed by atoms with Gasteiger partial charge in [-0.05, 0) is 50.1 Å². The normalized spacial score (nSPS) is 19.8. The molecule has 2 N–H and O–H groups in total. The first-order valence-corrected chi connectivity index (χ1v) is 6.37. The minimum Gasteiger partial charge on any atom is -0.449 e. The number of nitrogens with two attached hydrogens (primary N) is 1. The largest absolute Gasteiger partial charge is 0.449 e. The molecule has 1 amide bonds. The molecule has 4 nitrogen and oxygen atoms in total. The molecule has 1 aliphatic heterocycles. The molecule has 0 spiro atoms. The van der Waals surface area contributed by atoms with Crippen LogP contribution in [0.2, 0.25) is 0 Å². The van der Waals surface area contributed by atoms with Gasteiger partial charge in [-0.2, -0.15) is 0 Å². The molecule has 0 aliphatic carbocycles. The Morgan fingerprint density at radius 3 is 2.83 bits per heavy atom. The van der Waals surface area contributed by atoms with E-state index in [1.807, 2.05) is 25.1 Å². The van der Waals surface area contributed by atoms with Crippen LogP contribution in [0.4, 0.5) is 10.5 Å². The molecule has 1 fully saturated rings. The van der Waals surface area contributed by atoms with Crippen molar-refractivity contribution in [3.63, 3.8) is 0 Å². The van der Waals surface area contributed by atoms with Crippen molar-refractivity contribution >= 4 is 11.8 Å². The van der Waals surface area contributed by atoms with Crippen LogP contribution in [0.25, 0.3) is 0 Å². The molecule has 0 bridgehead atoms. The third-order valence-electron chi connectivity index (χ3n) is 3.51. The van der Waals surface area contributed by atoms with E-state index in [1.54, 1.807) is 4.90 Å². The molecule has 0 saturated carbocycles. The molecule has 1 aromatic rings. The van der Waals surface area contributed by atoms with Crippen LogP contribution in [0.3, 0.4) is 0 Å². The van der Waals surface area contributed by atoms with Crippen LogP contribution in [0, 0.1) is 13.8 Å². The summed E-state index contributed by atoms with van der Waals surface area (Å²) in [6, 6.07) is 6.19. The average molecular weight is 248 g/mol. The summed E-state index contributed by atoms with van der Waals surface area (Å²) in [5, 5.41) is 0. The van der Waals surface area contributed by atoms with E-state index in [-0.39, 0.29) is 12.1 Å². The zero-order valence-electron chi connectivity index (χ0n) is 11.0. The SMILES string of the molecule is Cc1ccc(N2C(=O)OCCC2CCN)cc1C. The first-order valence-electron chi connectivity index (χ1n) is 6.37. The Labute approximate surface area is 108 Å². The van der Waals surface area contributed by atoms with Crippen molar-refractivity contribution < 1.29 is 9.53 Å². The Morgan fingerprint density at radius 2 is 2.17 bits per heavy atom. The minimum absolute atomic E-state index is 0.151. The van der Waals surface area contributed by atoms with Gasteiger partial charge in [0.2, 0.25) is 0 Å². The van der Waals surface area contributed by atoms with Gasteiger partial charge in [0, 0.05) is 18.2 Å². The maximum Gasteiger partial charge on any atom is 0.414 e. The number of carbonyl (C=O) groups excluding carboxylic acids is 1. The first-order chi connectivity index (χ1) is 8.63. The van der Waals surface area contributed by atoms with Crippen LogP contribution in [0.15, 0.2) is 18.2 Å². The summed E-state index contributed by atoms with van der Waals surface area (Å²) in [6.07, 6.45) is 1.39. The summed E-state index contributed by atoms with van der Waals surface area (Å²) in [4.78, 5) is 13.7. The van der Waals surface area contributed by atoms with Gasteiger partial charge < -0.3 is 10.5 Å². The molecular formula is C14H20N2O2. The van der Waals surface area contributed by atoms with Crippen molar-refractivity contribution in [2.24, 2.45) is 5.73 Å². The molecule has 1 unspecified atom stereocenters. The maximum atomic E-state index is 11.9. The molecule has 1 aromatic carbocycles. The van der Waals surface area contributed by atoms with Gasteiger partial charge in [0.15, 0.2) is 0 Å². The highest BCUT2D eigenvalue weighted by Gasteiger charge is 2.30. The smallest absolute Gasteiger partial charge is 0.414 e. The molecule has 1 aliphatic rings. The van der Waals surface area contributed by atoms with E-state index in [0.717, 1.165) is 18.5 Å². The molecule has 98 valence electrons. The zero-order valence-corrected chi connectivity index (χ0v) is 11.0. The number of hydrogen-bond acceptors (Lipinski definition) is 3. The number of carbonyl (C=O) groups is 1. The Morgan fingerprint density at radius 1 is 1.39 bits per heavy atom. The molecule has 4 heteroatoms. The number of cyclic esters (lactones) is 1. The number of hydrogen-bond donors (Lipinski definition) is 1. The number of benzene rings is 1. The van der Waals surface area contributed by atoms with E-state index in [2.05, 4.69) is 6.92 Å². The third kappa shape index (κ3) is 2.48. The second-order valence-corrected chi connectivity index (χ2v) is 4.77. The third-order valence-corrected chi connectivity index (χ3v) is 3.51. The number of aryl methyl sites for hydroxylation is 2. The summed E-state index contributed by atoms with van der Waals surface area (Å²) in [6.45, 7) is 5.18. The van der Waals surface area contributed by atoms with Crippen LogP contribution in [-0.4, -0.2) is 25.3 Å². The predicted molar refractivity (Wildman–Crippen MR) is 71.8 cm³/mol. The van der Waals surface area contributed by atoms with Crippen molar-refractivity contribution in [1.82, 2.24) is 0 Å². The highest BCUT2D eigenvalue weighted by atomic mass is 16.6. The second kappa shape index (κ2) is 5.40. The molecule has 2 rings (SSSR count). The summed E-state index contributed by atoms with van der Waals surface area (Å²) in [5.41, 5.74) is 8.92. The van der Waals surface area contributed by atoms with Gasteiger partial charge in [-0.3, -0.25) is 4.90 Å². The molecule has 1 atom stereocenters. The van der Waals surface area contributed by atoms with E-state index in [4.69, 9.17) is 10.5 Å². The fourth-order valence-corrected chi connectivity index (χ4v) is 2.29. The lowest BCUT2D eigenvalue weighted by Gasteiger charge is -2.35. The Hall–Kier alpha value is -1.55. The van der Waals surface area contributed by atoms with Crippen LogP contribution < -0.4 is 10.6 Å². The van der Waals surface area contributed by atoms with E-state index in [0.29, 0.717) is 13.2 Å². The van der Waals surface area contributed by atoms with Crippen LogP contribution in [0.1, 0.15) is 24.0 Å². The molecule has 1 heterocycles. The first kappa shape index (κ1) is 12.9. The molecule has 0 radical (unpaired) electrons. The van der Waals surface area contributed by atoms with Crippen molar-refractivity contribution in [1.29, 1.82) is 0 Å². The number of ether oxygens (including phenoxy) is 1. The van der Waals surface area contributed by atoms with Gasteiger partial charge in [0.25, 0.3) is 0 Å². The molecule has 1 saturated heterocycles. The monoisotopic (exact) mass is 248 g/mol. The Kier molecular flexibility index (Phi) is 3.87. The Balaban J connectivity index is 2.31. The topological polar surface area (TPSA) is 55.6 Å². The van der Waals surface area contributed by atoms with E-state index in [1.165, 1.54) is 11.1 Å². The van der Waals surface area contributed by atoms with Gasteiger partial charge >= 0.3 is 6.09 Å². The van der Waals surface area contributed by atoms with E-state index in [9.17, 15) is 4.79 Å². The predicted octanol–water partition coefficient (Wildman–Crippen LogP) is 2.37. The second-order valence-electron chi connectivity index (χ2n) is 4.77. The molecule has 0 aromatic heterocycles. The summed E-state index contributed by atoms with van der Waals surface area (Å²) in [5.74, 6) is 0. The summed E-state index contributed by atoms with van der Waals surface area (Å²) in [7, 11) is 0. The maximum absolute atomic E-state index is 11.9. The highest BCUT2D eigenvalue weighted by molar-refractivity contribution is 5.89. The van der Waals surface area contributed by atoms with Gasteiger partial charge in [0.05, 0.1) is 6.61 Å². The highest BCUT2D eigenvalue weighted by Crippen LogP contribution is 2.26. The lowest BCUT2D eigenvalue weighted by molar-refractivity contribution is 0.128. The van der Waals surface area contributed by atoms with Crippen molar-refractivity contribution in [2.75, 3.05) is 18.1 Å².